The van der Waals surface area contributed by atoms with E-state index in [0.29, 0.717) is 48.8 Å². The number of carbonyl (C=O) groups excluding carboxylic acids is 1. The van der Waals surface area contributed by atoms with Gasteiger partial charge in [-0.2, -0.15) is 0 Å². The molecule has 152 valence electrons. The van der Waals surface area contributed by atoms with Crippen molar-refractivity contribution in [1.29, 1.82) is 0 Å². The van der Waals surface area contributed by atoms with E-state index in [1.807, 2.05) is 0 Å². The summed E-state index contributed by atoms with van der Waals surface area (Å²) in [6, 6.07) is 4.70. The molecule has 0 N–H and O–H groups in total. The van der Waals surface area contributed by atoms with Gasteiger partial charge in [-0.15, -0.1) is 0 Å². The van der Waals surface area contributed by atoms with Crippen molar-refractivity contribution in [1.82, 2.24) is 20.0 Å². The molecule has 3 aromatic rings. The average molecular weight is 402 g/mol. The van der Waals surface area contributed by atoms with E-state index in [1.54, 1.807) is 24.0 Å². The van der Waals surface area contributed by atoms with Crippen LogP contribution in [0.25, 0.3) is 11.1 Å². The molecule has 1 aliphatic rings. The van der Waals surface area contributed by atoms with Crippen LogP contribution in [0.5, 0.6) is 5.88 Å². The number of pyridine rings is 2. The van der Waals surface area contributed by atoms with Gasteiger partial charge in [0.1, 0.15) is 0 Å². The van der Waals surface area contributed by atoms with Crippen LogP contribution < -0.4 is 4.74 Å². The Balaban J connectivity index is 1.51. The number of carbonyl (C=O) groups is 1. The van der Waals surface area contributed by atoms with E-state index in [4.69, 9.17) is 9.26 Å². The average Bonchev–Trinajstić information content (AvgIpc) is 3.13. The summed E-state index contributed by atoms with van der Waals surface area (Å²) in [6.07, 6.45) is 0.147. The van der Waals surface area contributed by atoms with Crippen LogP contribution in [0.3, 0.4) is 0 Å². The third-order valence-corrected chi connectivity index (χ3v) is 5.29. The predicted molar refractivity (Wildman–Crippen MR) is 100 cm³/mol. The van der Waals surface area contributed by atoms with Crippen molar-refractivity contribution in [3.63, 3.8) is 0 Å². The Morgan fingerprint density at radius 3 is 2.76 bits per heavy atom. The third kappa shape index (κ3) is 3.64. The fourth-order valence-corrected chi connectivity index (χ4v) is 3.74. The number of likely N-dealkylation sites (tertiary alicyclic amines) is 1. The lowest BCUT2D eigenvalue weighted by Crippen LogP contribution is -2.38. The Labute approximate surface area is 165 Å². The highest BCUT2D eigenvalue weighted by molar-refractivity contribution is 5.94. The third-order valence-electron chi connectivity index (χ3n) is 5.29. The summed E-state index contributed by atoms with van der Waals surface area (Å²) in [5.41, 5.74) is 1.50. The summed E-state index contributed by atoms with van der Waals surface area (Å²) >= 11 is 0. The minimum Gasteiger partial charge on any atom is -0.481 e. The van der Waals surface area contributed by atoms with Crippen LogP contribution in [-0.2, 0) is 0 Å². The van der Waals surface area contributed by atoms with E-state index < -0.39 is 6.43 Å². The number of ether oxygens (including phenoxy) is 1. The molecule has 0 saturated carbocycles. The summed E-state index contributed by atoms with van der Waals surface area (Å²) in [4.78, 5) is 22.9. The fourth-order valence-electron chi connectivity index (χ4n) is 3.74. The van der Waals surface area contributed by atoms with Crippen molar-refractivity contribution < 1.29 is 22.8 Å². The van der Waals surface area contributed by atoms with Crippen LogP contribution in [0, 0.1) is 6.92 Å². The van der Waals surface area contributed by atoms with Gasteiger partial charge < -0.3 is 14.2 Å². The Hall–Kier alpha value is -3.10. The highest BCUT2D eigenvalue weighted by atomic mass is 19.3. The second-order valence-electron chi connectivity index (χ2n) is 7.04. The number of hydrogen-bond donors (Lipinski definition) is 0. The second-order valence-corrected chi connectivity index (χ2v) is 7.04. The van der Waals surface area contributed by atoms with E-state index in [1.165, 1.54) is 19.4 Å². The summed E-state index contributed by atoms with van der Waals surface area (Å²) in [6.45, 7) is 2.64. The number of aromatic nitrogens is 3. The van der Waals surface area contributed by atoms with E-state index in [2.05, 4.69) is 15.1 Å². The number of halogens is 2. The Kier molecular flexibility index (Phi) is 5.12. The maximum Gasteiger partial charge on any atom is 0.264 e. The lowest BCUT2D eigenvalue weighted by Gasteiger charge is -2.32. The molecule has 0 spiro atoms. The molecule has 4 rings (SSSR count). The number of amides is 1. The first-order chi connectivity index (χ1) is 14.0. The first-order valence-electron chi connectivity index (χ1n) is 9.32. The molecule has 29 heavy (non-hydrogen) atoms. The smallest absolute Gasteiger partial charge is 0.264 e. The van der Waals surface area contributed by atoms with E-state index in [0.717, 1.165) is 0 Å². The molecule has 1 amide bonds. The van der Waals surface area contributed by atoms with Crippen LogP contribution in [0.15, 0.2) is 28.9 Å². The molecule has 0 atom stereocenters. The van der Waals surface area contributed by atoms with Crippen molar-refractivity contribution in [3.8, 4) is 5.88 Å². The van der Waals surface area contributed by atoms with Crippen LogP contribution >= 0.6 is 0 Å². The number of aryl methyl sites for hydroxylation is 1. The zero-order valence-corrected chi connectivity index (χ0v) is 16.1. The molecule has 3 aromatic heterocycles. The topological polar surface area (TPSA) is 81.4 Å². The second kappa shape index (κ2) is 7.73. The van der Waals surface area contributed by atoms with E-state index >= 15 is 0 Å². The number of hydrogen-bond acceptors (Lipinski definition) is 6. The molecular weight excluding hydrogens is 382 g/mol. The van der Waals surface area contributed by atoms with E-state index in [9.17, 15) is 13.6 Å². The van der Waals surface area contributed by atoms with Crippen LogP contribution in [0.2, 0.25) is 0 Å². The normalized spacial score (nSPS) is 15.3. The van der Waals surface area contributed by atoms with Gasteiger partial charge in [-0.1, -0.05) is 5.16 Å². The van der Waals surface area contributed by atoms with Gasteiger partial charge in [0.25, 0.3) is 18.0 Å². The Bertz CT molecular complexity index is 1050. The molecule has 0 unspecified atom stereocenters. The van der Waals surface area contributed by atoms with Crippen LogP contribution in [-0.4, -0.2) is 46.1 Å². The molecule has 0 aliphatic carbocycles. The molecule has 1 saturated heterocycles. The number of nitrogens with zero attached hydrogens (tertiary/aromatic N) is 4. The molecule has 7 nitrogen and oxygen atoms in total. The Morgan fingerprint density at radius 1 is 1.31 bits per heavy atom. The molecule has 1 aliphatic heterocycles. The standard InChI is InChI=1S/C20H20F2N4O3/c1-11-17-14(18(21)22)10-15(24-19(17)29-25-11)12-4-7-26(8-5-12)20(27)13-3-6-23-16(9-13)28-2/h3,6,9-10,12,18H,4-5,7-8H2,1-2H3. The first kappa shape index (κ1) is 19.2. The van der Waals surface area contributed by atoms with E-state index in [-0.39, 0.29) is 28.5 Å². The maximum absolute atomic E-state index is 13.6. The van der Waals surface area contributed by atoms with Gasteiger partial charge in [-0.05, 0) is 31.9 Å². The predicted octanol–water partition coefficient (Wildman–Crippen LogP) is 3.89. The molecule has 9 heteroatoms. The zero-order chi connectivity index (χ0) is 20.5. The minimum absolute atomic E-state index is 0.0293. The van der Waals surface area contributed by atoms with Crippen molar-refractivity contribution in [2.75, 3.05) is 20.2 Å². The molecule has 0 radical (unpaired) electrons. The van der Waals surface area contributed by atoms with Gasteiger partial charge in [0.05, 0.1) is 18.2 Å². The fraction of sp³-hybridized carbons (Fsp3) is 0.400. The highest BCUT2D eigenvalue weighted by Crippen LogP contribution is 2.35. The highest BCUT2D eigenvalue weighted by Gasteiger charge is 2.28. The quantitative estimate of drug-likeness (QED) is 0.659. The van der Waals surface area contributed by atoms with Gasteiger partial charge in [0.2, 0.25) is 5.88 Å². The Morgan fingerprint density at radius 2 is 2.07 bits per heavy atom. The molecule has 1 fully saturated rings. The monoisotopic (exact) mass is 402 g/mol. The first-order valence-corrected chi connectivity index (χ1v) is 9.32. The molecule has 0 bridgehead atoms. The SMILES string of the molecule is COc1cc(C(=O)N2CCC(c3cc(C(F)F)c4c(C)noc4n3)CC2)ccn1. The number of fused-ring (bicyclic) bond motifs is 1. The largest absolute Gasteiger partial charge is 0.481 e. The lowest BCUT2D eigenvalue weighted by atomic mass is 9.91. The molecule has 4 heterocycles. The minimum atomic E-state index is -2.64. The number of piperidine rings is 1. The summed E-state index contributed by atoms with van der Waals surface area (Å²) in [7, 11) is 1.50. The number of rotatable bonds is 4. The van der Waals surface area contributed by atoms with Gasteiger partial charge in [0, 0.05) is 48.1 Å². The van der Waals surface area contributed by atoms with Gasteiger partial charge in [-0.25, -0.2) is 18.7 Å². The maximum atomic E-state index is 13.6. The van der Waals surface area contributed by atoms with Gasteiger partial charge >= 0.3 is 0 Å². The van der Waals surface area contributed by atoms with Crippen molar-refractivity contribution in [3.05, 3.63) is 46.9 Å². The zero-order valence-electron chi connectivity index (χ0n) is 16.1. The summed E-state index contributed by atoms with van der Waals surface area (Å²) < 4.78 is 37.3. The van der Waals surface area contributed by atoms with Crippen molar-refractivity contribution >= 4 is 17.0 Å². The number of methoxy groups -OCH3 is 1. The van der Waals surface area contributed by atoms with Gasteiger partial charge in [0.15, 0.2) is 0 Å². The summed E-state index contributed by atoms with van der Waals surface area (Å²) in [5, 5.41) is 4.05. The number of alkyl halides is 2. The van der Waals surface area contributed by atoms with Crippen molar-refractivity contribution in [2.45, 2.75) is 32.1 Å². The lowest BCUT2D eigenvalue weighted by molar-refractivity contribution is 0.0711. The van der Waals surface area contributed by atoms with Crippen molar-refractivity contribution in [2.24, 2.45) is 0 Å². The summed E-state index contributed by atoms with van der Waals surface area (Å²) in [5.74, 6) is 0.246. The molecule has 0 aromatic carbocycles. The van der Waals surface area contributed by atoms with Gasteiger partial charge in [-0.3, -0.25) is 4.79 Å². The van der Waals surface area contributed by atoms with Crippen LogP contribution in [0.4, 0.5) is 8.78 Å². The van der Waals surface area contributed by atoms with Crippen LogP contribution in [0.1, 0.15) is 52.5 Å². The molecular formula is C20H20F2N4O3.